The maximum absolute atomic E-state index is 10.6. The highest BCUT2D eigenvalue weighted by molar-refractivity contribution is 5.84. The van der Waals surface area contributed by atoms with Gasteiger partial charge in [0, 0.05) is 6.54 Å². The largest absolute Gasteiger partial charge is 0.394 e. The summed E-state index contributed by atoms with van der Waals surface area (Å²) in [6.45, 7) is 0.00758. The number of hydrogen-bond donors (Lipinski definition) is 5. The Morgan fingerprint density at radius 3 is 2.35 bits per heavy atom. The quantitative estimate of drug-likeness (QED) is 0.273. The molecule has 1 aliphatic heterocycles. The minimum Gasteiger partial charge on any atom is -0.394 e. The van der Waals surface area contributed by atoms with Gasteiger partial charge in [-0.1, -0.05) is 54.6 Å². The van der Waals surface area contributed by atoms with Crippen LogP contribution in [0.15, 0.2) is 60.9 Å². The zero-order valence-electron chi connectivity index (χ0n) is 18.3. The van der Waals surface area contributed by atoms with Crippen LogP contribution < -0.4 is 11.1 Å². The maximum Gasteiger partial charge on any atom is 0.207 e. The zero-order valence-corrected chi connectivity index (χ0v) is 18.3. The summed E-state index contributed by atoms with van der Waals surface area (Å²) < 4.78 is 7.27. The molecule has 2 aromatic carbocycles. The van der Waals surface area contributed by atoms with Crippen LogP contribution in [0.1, 0.15) is 22.9 Å². The van der Waals surface area contributed by atoms with E-state index in [4.69, 9.17) is 10.5 Å². The predicted molar refractivity (Wildman–Crippen MR) is 126 cm³/mol. The third-order valence-corrected chi connectivity index (χ3v) is 6.00. The van der Waals surface area contributed by atoms with Crippen LogP contribution in [-0.2, 0) is 17.7 Å². The number of ether oxygens (including phenoxy) is 1. The van der Waals surface area contributed by atoms with Gasteiger partial charge in [-0.25, -0.2) is 15.0 Å². The summed E-state index contributed by atoms with van der Waals surface area (Å²) in [4.78, 5) is 12.8. The van der Waals surface area contributed by atoms with Crippen molar-refractivity contribution in [1.29, 1.82) is 0 Å². The van der Waals surface area contributed by atoms with Crippen molar-refractivity contribution in [2.24, 2.45) is 0 Å². The number of aromatic nitrogens is 4. The van der Waals surface area contributed by atoms with Gasteiger partial charge in [0.2, 0.25) is 5.95 Å². The minimum absolute atomic E-state index is 0.184. The maximum atomic E-state index is 10.6. The van der Waals surface area contributed by atoms with Crippen LogP contribution in [0, 0.1) is 0 Å². The average Bonchev–Trinajstić information content (AvgIpc) is 3.37. The first-order chi connectivity index (χ1) is 16.5. The summed E-state index contributed by atoms with van der Waals surface area (Å²) in [7, 11) is 0. The number of anilines is 2. The third kappa shape index (κ3) is 4.19. The number of aliphatic hydroxyl groups is 3. The fourth-order valence-electron chi connectivity index (χ4n) is 4.17. The summed E-state index contributed by atoms with van der Waals surface area (Å²) in [6.07, 6.45) is -2.33. The smallest absolute Gasteiger partial charge is 0.207 e. The van der Waals surface area contributed by atoms with Crippen LogP contribution in [0.3, 0.4) is 0 Å². The molecule has 4 atom stereocenters. The van der Waals surface area contributed by atoms with Crippen LogP contribution in [0.4, 0.5) is 11.8 Å². The number of fused-ring (bicyclic) bond motifs is 1. The number of hydrogen-bond acceptors (Lipinski definition) is 9. The van der Waals surface area contributed by atoms with Crippen molar-refractivity contribution in [1.82, 2.24) is 19.5 Å². The molecule has 0 radical (unpaired) electrons. The second-order valence-corrected chi connectivity index (χ2v) is 8.30. The van der Waals surface area contributed by atoms with Crippen molar-refractivity contribution in [3.63, 3.8) is 0 Å². The van der Waals surface area contributed by atoms with Gasteiger partial charge >= 0.3 is 0 Å². The minimum atomic E-state index is -1.29. The summed E-state index contributed by atoms with van der Waals surface area (Å²) in [6, 6.07) is 18.5. The van der Waals surface area contributed by atoms with Crippen LogP contribution in [0.5, 0.6) is 0 Å². The average molecular weight is 463 g/mol. The second-order valence-electron chi connectivity index (χ2n) is 8.30. The standard InChI is InChI=1S/C24H26N6O4/c25-21-18-22(28-13-27-21)30(23-20(33)19(32)17(12-31)34-23)24(29-18)26-11-16-8-6-15(7-9-16)10-14-4-2-1-3-5-14/h1-9,13,17,19-20,23,31-33H,10-12H2,(H,26,29)(H2,25,27,28)/t17-,19-,20-,23-/m1/s1. The van der Waals surface area contributed by atoms with E-state index in [0.29, 0.717) is 23.7 Å². The Morgan fingerprint density at radius 2 is 1.65 bits per heavy atom. The molecule has 4 aromatic rings. The second kappa shape index (κ2) is 9.35. The number of imidazole rings is 1. The summed E-state index contributed by atoms with van der Waals surface area (Å²) in [5, 5.41) is 33.6. The highest BCUT2D eigenvalue weighted by Gasteiger charge is 2.45. The Balaban J connectivity index is 1.39. The first-order valence-corrected chi connectivity index (χ1v) is 11.0. The van der Waals surface area contributed by atoms with Gasteiger partial charge < -0.3 is 31.1 Å². The van der Waals surface area contributed by atoms with Crippen molar-refractivity contribution < 1.29 is 20.1 Å². The molecule has 0 saturated carbocycles. The van der Waals surface area contributed by atoms with Gasteiger partial charge in [-0.15, -0.1) is 0 Å². The first-order valence-electron chi connectivity index (χ1n) is 11.0. The van der Waals surface area contributed by atoms with Crippen molar-refractivity contribution in [3.05, 3.63) is 77.6 Å². The van der Waals surface area contributed by atoms with Gasteiger partial charge in [-0.3, -0.25) is 4.57 Å². The van der Waals surface area contributed by atoms with E-state index in [1.165, 1.54) is 17.5 Å². The molecule has 176 valence electrons. The number of aliphatic hydroxyl groups excluding tert-OH is 3. The fraction of sp³-hybridized carbons (Fsp3) is 0.292. The van der Waals surface area contributed by atoms with Crippen molar-refractivity contribution in [3.8, 4) is 0 Å². The van der Waals surface area contributed by atoms with Crippen molar-refractivity contribution in [2.45, 2.75) is 37.5 Å². The lowest BCUT2D eigenvalue weighted by molar-refractivity contribution is -0.0501. The molecule has 0 spiro atoms. The van der Waals surface area contributed by atoms with E-state index < -0.39 is 31.1 Å². The third-order valence-electron chi connectivity index (χ3n) is 6.00. The SMILES string of the molecule is Nc1ncnc2c1nc(NCc1ccc(Cc3ccccc3)cc1)n2[C@@H]1O[C@H](CO)[C@@H](O)[C@H]1O. The van der Waals surface area contributed by atoms with E-state index in [0.717, 1.165) is 12.0 Å². The van der Waals surface area contributed by atoms with E-state index in [-0.39, 0.29) is 5.82 Å². The molecule has 1 fully saturated rings. The van der Waals surface area contributed by atoms with E-state index in [9.17, 15) is 15.3 Å². The molecule has 10 heteroatoms. The normalized spacial score (nSPS) is 22.3. The molecule has 0 bridgehead atoms. The van der Waals surface area contributed by atoms with Crippen LogP contribution in [0.25, 0.3) is 11.2 Å². The van der Waals surface area contributed by atoms with Crippen molar-refractivity contribution in [2.75, 3.05) is 17.7 Å². The molecule has 3 heterocycles. The molecular weight excluding hydrogens is 436 g/mol. The Hall–Kier alpha value is -3.57. The molecule has 5 rings (SSSR count). The molecule has 0 aliphatic carbocycles. The zero-order chi connectivity index (χ0) is 23.7. The van der Waals surface area contributed by atoms with E-state index in [1.54, 1.807) is 4.57 Å². The highest BCUT2D eigenvalue weighted by atomic mass is 16.6. The molecule has 1 saturated heterocycles. The number of nitrogens with two attached hydrogens (primary N) is 1. The number of nitrogens with zero attached hydrogens (tertiary/aromatic N) is 4. The lowest BCUT2D eigenvalue weighted by Crippen LogP contribution is -2.33. The Labute approximate surface area is 195 Å². The van der Waals surface area contributed by atoms with Crippen molar-refractivity contribution >= 4 is 22.9 Å². The van der Waals surface area contributed by atoms with Gasteiger partial charge in [0.05, 0.1) is 6.61 Å². The highest BCUT2D eigenvalue weighted by Crippen LogP contribution is 2.35. The molecule has 2 aromatic heterocycles. The molecule has 0 amide bonds. The first kappa shape index (κ1) is 22.2. The molecule has 6 N–H and O–H groups in total. The number of nitrogens with one attached hydrogen (secondary N) is 1. The summed E-state index contributed by atoms with van der Waals surface area (Å²) in [5.41, 5.74) is 10.2. The number of benzene rings is 2. The van der Waals surface area contributed by atoms with E-state index in [2.05, 4.69) is 44.5 Å². The summed E-state index contributed by atoms with van der Waals surface area (Å²) in [5.74, 6) is 0.536. The van der Waals surface area contributed by atoms with Gasteiger partial charge in [-0.05, 0) is 23.1 Å². The van der Waals surface area contributed by atoms with Crippen LogP contribution >= 0.6 is 0 Å². The Kier molecular flexibility index (Phi) is 6.12. The lowest BCUT2D eigenvalue weighted by atomic mass is 10.0. The van der Waals surface area contributed by atoms with Gasteiger partial charge in [0.25, 0.3) is 0 Å². The van der Waals surface area contributed by atoms with Gasteiger partial charge in [-0.2, -0.15) is 0 Å². The topological polar surface area (TPSA) is 152 Å². The number of nitrogen functional groups attached to an aromatic ring is 1. The van der Waals surface area contributed by atoms with Crippen LogP contribution in [0.2, 0.25) is 0 Å². The van der Waals surface area contributed by atoms with E-state index in [1.807, 2.05) is 30.3 Å². The van der Waals surface area contributed by atoms with Crippen LogP contribution in [-0.4, -0.2) is 59.8 Å². The lowest BCUT2D eigenvalue weighted by Gasteiger charge is -2.19. The Bertz CT molecular complexity index is 1260. The summed E-state index contributed by atoms with van der Waals surface area (Å²) >= 11 is 0. The molecular formula is C24H26N6O4. The molecule has 1 aliphatic rings. The van der Waals surface area contributed by atoms with Gasteiger partial charge in [0.15, 0.2) is 23.2 Å². The van der Waals surface area contributed by atoms with Gasteiger partial charge in [0.1, 0.15) is 24.6 Å². The monoisotopic (exact) mass is 462 g/mol. The Morgan fingerprint density at radius 1 is 0.941 bits per heavy atom. The number of rotatable bonds is 7. The van der Waals surface area contributed by atoms with E-state index >= 15 is 0 Å². The predicted octanol–water partition coefficient (Wildman–Crippen LogP) is 1.22. The fourth-order valence-corrected chi connectivity index (χ4v) is 4.17. The molecule has 10 nitrogen and oxygen atoms in total. The molecule has 34 heavy (non-hydrogen) atoms. The molecule has 0 unspecified atom stereocenters.